The highest BCUT2D eigenvalue weighted by Gasteiger charge is 2.06. The van der Waals surface area contributed by atoms with Crippen molar-refractivity contribution < 1.29 is 14.6 Å². The summed E-state index contributed by atoms with van der Waals surface area (Å²) >= 11 is 0. The lowest BCUT2D eigenvalue weighted by Gasteiger charge is -2.07. The zero-order chi connectivity index (χ0) is 12.3. The third-order valence-corrected chi connectivity index (χ3v) is 2.53. The van der Waals surface area contributed by atoms with E-state index in [1.54, 1.807) is 24.3 Å². The average Bonchev–Trinajstić information content (AvgIpc) is 2.39. The van der Waals surface area contributed by atoms with Crippen molar-refractivity contribution in [3.05, 3.63) is 53.5 Å². The summed E-state index contributed by atoms with van der Waals surface area (Å²) in [5.41, 5.74) is 2.45. The second-order valence-electron chi connectivity index (χ2n) is 3.63. The van der Waals surface area contributed by atoms with Crippen LogP contribution >= 0.6 is 0 Å². The summed E-state index contributed by atoms with van der Waals surface area (Å²) < 4.78 is 12.8. The smallest absolute Gasteiger partial charge is 0.123 e. The van der Waals surface area contributed by atoms with Gasteiger partial charge in [-0.1, -0.05) is 6.07 Å². The monoisotopic (exact) mass is 233 g/mol. The SMILES string of the molecule is OCc1ccc(-c2ccc(F)cc2)nc1CO. The Bertz CT molecular complexity index is 511. The minimum Gasteiger partial charge on any atom is -0.392 e. The van der Waals surface area contributed by atoms with E-state index in [9.17, 15) is 4.39 Å². The molecular weight excluding hydrogens is 221 g/mol. The maximum absolute atomic E-state index is 12.8. The molecule has 2 aromatic rings. The molecule has 0 amide bonds. The number of pyridine rings is 1. The quantitative estimate of drug-likeness (QED) is 0.851. The standard InChI is InChI=1S/C13H12FNO2/c14-11-4-1-9(2-5-11)12-6-3-10(7-16)13(8-17)15-12/h1-6,16-17H,7-8H2. The van der Waals surface area contributed by atoms with Gasteiger partial charge in [-0.05, 0) is 30.3 Å². The Labute approximate surface area is 98.2 Å². The number of rotatable bonds is 3. The Balaban J connectivity index is 2.42. The van der Waals surface area contributed by atoms with Crippen LogP contribution in [0.5, 0.6) is 0 Å². The summed E-state index contributed by atoms with van der Waals surface area (Å²) in [6, 6.07) is 9.40. The number of aromatic nitrogens is 1. The summed E-state index contributed by atoms with van der Waals surface area (Å²) in [4.78, 5) is 4.23. The van der Waals surface area contributed by atoms with E-state index in [4.69, 9.17) is 10.2 Å². The molecule has 0 saturated heterocycles. The minimum absolute atomic E-state index is 0.160. The number of aliphatic hydroxyl groups excluding tert-OH is 2. The lowest BCUT2D eigenvalue weighted by Crippen LogP contribution is -1.99. The van der Waals surface area contributed by atoms with Crippen molar-refractivity contribution >= 4 is 0 Å². The zero-order valence-corrected chi connectivity index (χ0v) is 9.10. The van der Waals surface area contributed by atoms with Crippen LogP contribution in [0.3, 0.4) is 0 Å². The summed E-state index contributed by atoms with van der Waals surface area (Å²) in [7, 11) is 0. The normalized spacial score (nSPS) is 10.5. The second kappa shape index (κ2) is 5.03. The fourth-order valence-electron chi connectivity index (χ4n) is 1.59. The molecular formula is C13H12FNO2. The van der Waals surface area contributed by atoms with Gasteiger partial charge in [0, 0.05) is 11.1 Å². The van der Waals surface area contributed by atoms with Gasteiger partial charge in [-0.25, -0.2) is 4.39 Å². The van der Waals surface area contributed by atoms with Gasteiger partial charge in [-0.3, -0.25) is 4.98 Å². The first-order valence-electron chi connectivity index (χ1n) is 5.21. The lowest BCUT2D eigenvalue weighted by molar-refractivity contribution is 0.256. The highest BCUT2D eigenvalue weighted by Crippen LogP contribution is 2.19. The summed E-state index contributed by atoms with van der Waals surface area (Å²) in [6.45, 7) is -0.391. The first kappa shape index (κ1) is 11.7. The fraction of sp³-hybridized carbons (Fsp3) is 0.154. The van der Waals surface area contributed by atoms with Crippen LogP contribution in [-0.2, 0) is 13.2 Å². The van der Waals surface area contributed by atoms with Gasteiger partial charge in [0.05, 0.1) is 24.6 Å². The number of benzene rings is 1. The van der Waals surface area contributed by atoms with Crippen molar-refractivity contribution in [1.29, 1.82) is 0 Å². The number of halogens is 1. The van der Waals surface area contributed by atoms with Gasteiger partial charge in [-0.15, -0.1) is 0 Å². The predicted molar refractivity (Wildman–Crippen MR) is 61.5 cm³/mol. The van der Waals surface area contributed by atoms with E-state index in [0.29, 0.717) is 17.0 Å². The van der Waals surface area contributed by atoms with E-state index >= 15 is 0 Å². The molecule has 4 heteroatoms. The van der Waals surface area contributed by atoms with Crippen molar-refractivity contribution in [2.24, 2.45) is 0 Å². The van der Waals surface area contributed by atoms with E-state index in [1.165, 1.54) is 12.1 Å². The van der Waals surface area contributed by atoms with Crippen molar-refractivity contribution in [1.82, 2.24) is 4.98 Å². The van der Waals surface area contributed by atoms with Crippen molar-refractivity contribution in [2.75, 3.05) is 0 Å². The molecule has 1 aromatic carbocycles. The van der Waals surface area contributed by atoms with E-state index in [2.05, 4.69) is 4.98 Å². The van der Waals surface area contributed by atoms with E-state index in [-0.39, 0.29) is 19.0 Å². The first-order chi connectivity index (χ1) is 8.24. The van der Waals surface area contributed by atoms with Gasteiger partial charge >= 0.3 is 0 Å². The molecule has 0 aliphatic heterocycles. The highest BCUT2D eigenvalue weighted by molar-refractivity contribution is 5.59. The van der Waals surface area contributed by atoms with E-state index in [0.717, 1.165) is 5.56 Å². The van der Waals surface area contributed by atoms with Crippen molar-refractivity contribution in [3.63, 3.8) is 0 Å². The molecule has 0 bridgehead atoms. The Hall–Kier alpha value is -1.78. The molecule has 0 fully saturated rings. The average molecular weight is 233 g/mol. The van der Waals surface area contributed by atoms with Gasteiger partial charge in [0.2, 0.25) is 0 Å². The molecule has 3 nitrogen and oxygen atoms in total. The first-order valence-corrected chi connectivity index (χ1v) is 5.21. The molecule has 1 aromatic heterocycles. The van der Waals surface area contributed by atoms with E-state index < -0.39 is 0 Å². The summed E-state index contributed by atoms with van der Waals surface area (Å²) in [5.74, 6) is -0.303. The van der Waals surface area contributed by atoms with Crippen LogP contribution < -0.4 is 0 Å². The van der Waals surface area contributed by atoms with Gasteiger partial charge in [0.25, 0.3) is 0 Å². The molecule has 0 aliphatic carbocycles. The Morgan fingerprint density at radius 3 is 2.24 bits per heavy atom. The molecule has 0 spiro atoms. The molecule has 1 heterocycles. The molecule has 0 saturated carbocycles. The van der Waals surface area contributed by atoms with Crippen LogP contribution in [0.1, 0.15) is 11.3 Å². The van der Waals surface area contributed by atoms with Crippen LogP contribution in [0.2, 0.25) is 0 Å². The Kier molecular flexibility index (Phi) is 3.46. The van der Waals surface area contributed by atoms with Crippen LogP contribution in [-0.4, -0.2) is 15.2 Å². The minimum atomic E-state index is -0.303. The predicted octanol–water partition coefficient (Wildman–Crippen LogP) is 1.87. The van der Waals surface area contributed by atoms with Crippen LogP contribution in [0.25, 0.3) is 11.3 Å². The second-order valence-corrected chi connectivity index (χ2v) is 3.63. The Morgan fingerprint density at radius 2 is 1.65 bits per heavy atom. The summed E-state index contributed by atoms with van der Waals surface area (Å²) in [6.07, 6.45) is 0. The summed E-state index contributed by atoms with van der Waals surface area (Å²) in [5, 5.41) is 18.2. The van der Waals surface area contributed by atoms with Crippen molar-refractivity contribution in [2.45, 2.75) is 13.2 Å². The van der Waals surface area contributed by atoms with Crippen LogP contribution in [0, 0.1) is 5.82 Å². The van der Waals surface area contributed by atoms with Gasteiger partial charge in [-0.2, -0.15) is 0 Å². The fourth-order valence-corrected chi connectivity index (χ4v) is 1.59. The largest absolute Gasteiger partial charge is 0.392 e. The number of nitrogens with zero attached hydrogens (tertiary/aromatic N) is 1. The molecule has 17 heavy (non-hydrogen) atoms. The van der Waals surface area contributed by atoms with Gasteiger partial charge in [0.15, 0.2) is 0 Å². The molecule has 0 radical (unpaired) electrons. The topological polar surface area (TPSA) is 53.4 Å². The van der Waals surface area contributed by atoms with Crippen LogP contribution in [0.4, 0.5) is 4.39 Å². The number of hydrogen-bond acceptors (Lipinski definition) is 3. The Morgan fingerprint density at radius 1 is 0.941 bits per heavy atom. The molecule has 88 valence electrons. The maximum atomic E-state index is 12.8. The molecule has 2 rings (SSSR count). The molecule has 2 N–H and O–H groups in total. The molecule has 0 atom stereocenters. The van der Waals surface area contributed by atoms with Gasteiger partial charge < -0.3 is 10.2 Å². The number of aliphatic hydroxyl groups is 2. The van der Waals surface area contributed by atoms with Gasteiger partial charge in [0.1, 0.15) is 5.82 Å². The third kappa shape index (κ3) is 2.49. The van der Waals surface area contributed by atoms with Crippen LogP contribution in [0.15, 0.2) is 36.4 Å². The third-order valence-electron chi connectivity index (χ3n) is 2.53. The lowest BCUT2D eigenvalue weighted by atomic mass is 10.1. The van der Waals surface area contributed by atoms with E-state index in [1.807, 2.05) is 0 Å². The molecule has 0 aliphatic rings. The number of hydrogen-bond donors (Lipinski definition) is 2. The zero-order valence-electron chi connectivity index (χ0n) is 9.10. The maximum Gasteiger partial charge on any atom is 0.123 e. The highest BCUT2D eigenvalue weighted by atomic mass is 19.1. The molecule has 0 unspecified atom stereocenters. The van der Waals surface area contributed by atoms with Crippen molar-refractivity contribution in [3.8, 4) is 11.3 Å².